The molecule has 7 heteroatoms. The first-order chi connectivity index (χ1) is 6.37. The van der Waals surface area contributed by atoms with Crippen molar-refractivity contribution in [2.75, 3.05) is 0 Å². The van der Waals surface area contributed by atoms with E-state index in [2.05, 4.69) is 47.8 Å². The third kappa shape index (κ3) is 1.80. The maximum absolute atomic E-state index is 10.6. The number of rotatable bonds is 1. The molecule has 4 nitrogen and oxygen atoms in total. The molecule has 1 N–H and O–H groups in total. The van der Waals surface area contributed by atoms with E-state index in [1.165, 1.54) is 0 Å². The van der Waals surface area contributed by atoms with Crippen LogP contribution in [0.15, 0.2) is 13.4 Å². The topological polar surface area (TPSA) is 63.4 Å². The first-order valence-corrected chi connectivity index (χ1v) is 5.76. The number of nitro benzene ring substituents is 1. The van der Waals surface area contributed by atoms with Gasteiger partial charge in [-0.3, -0.25) is 10.1 Å². The van der Waals surface area contributed by atoms with E-state index in [4.69, 9.17) is 0 Å². The predicted molar refractivity (Wildman–Crippen MR) is 62.6 cm³/mol. The minimum absolute atomic E-state index is 0.273. The minimum Gasteiger partial charge on any atom is -0.501 e. The summed E-state index contributed by atoms with van der Waals surface area (Å²) in [6, 6.07) is 0. The number of hydrogen-bond donors (Lipinski definition) is 1. The van der Waals surface area contributed by atoms with Crippen LogP contribution in [0, 0.1) is 17.0 Å². The summed E-state index contributed by atoms with van der Waals surface area (Å²) in [5.74, 6) is -0.389. The van der Waals surface area contributed by atoms with Crippen molar-refractivity contribution in [1.82, 2.24) is 0 Å². The Morgan fingerprint density at radius 2 is 1.71 bits per heavy atom. The largest absolute Gasteiger partial charge is 0.501 e. The average molecular weight is 390 g/mol. The molecular weight excluding hydrogens is 386 g/mol. The summed E-state index contributed by atoms with van der Waals surface area (Å²) in [5.41, 5.74) is 0.318. The molecule has 0 fully saturated rings. The fourth-order valence-corrected chi connectivity index (χ4v) is 2.59. The minimum atomic E-state index is -0.635. The van der Waals surface area contributed by atoms with Gasteiger partial charge in [0.05, 0.1) is 9.40 Å². The number of phenolic OH excluding ortho intramolecular Hbond substituents is 1. The van der Waals surface area contributed by atoms with Crippen molar-refractivity contribution in [3.05, 3.63) is 29.1 Å². The molecule has 1 aromatic rings. The summed E-state index contributed by atoms with van der Waals surface area (Å²) >= 11 is 9.33. The van der Waals surface area contributed by atoms with Gasteiger partial charge in [-0.2, -0.15) is 0 Å². The van der Waals surface area contributed by atoms with E-state index in [-0.39, 0.29) is 20.4 Å². The molecule has 0 spiro atoms. The lowest BCUT2D eigenvalue weighted by Crippen LogP contribution is -1.94. The van der Waals surface area contributed by atoms with Gasteiger partial charge in [0.2, 0.25) is 5.75 Å². The Balaban J connectivity index is 3.68. The van der Waals surface area contributed by atoms with Crippen molar-refractivity contribution in [3.8, 4) is 5.75 Å². The number of benzene rings is 1. The number of nitro groups is 1. The molecule has 0 amide bonds. The third-order valence-electron chi connectivity index (χ3n) is 1.67. The van der Waals surface area contributed by atoms with E-state index in [0.717, 1.165) is 0 Å². The highest BCUT2D eigenvalue weighted by Crippen LogP contribution is 2.46. The lowest BCUT2D eigenvalue weighted by molar-refractivity contribution is -0.386. The van der Waals surface area contributed by atoms with E-state index < -0.39 is 4.92 Å². The monoisotopic (exact) mass is 387 g/mol. The Morgan fingerprint density at radius 3 is 2.14 bits per heavy atom. The van der Waals surface area contributed by atoms with E-state index in [0.29, 0.717) is 10.0 Å². The van der Waals surface area contributed by atoms with E-state index >= 15 is 0 Å². The number of hydrogen-bond acceptors (Lipinski definition) is 3. The van der Waals surface area contributed by atoms with Gasteiger partial charge in [0.25, 0.3) is 0 Å². The van der Waals surface area contributed by atoms with Gasteiger partial charge < -0.3 is 5.11 Å². The fourth-order valence-electron chi connectivity index (χ4n) is 0.917. The van der Waals surface area contributed by atoms with Gasteiger partial charge in [-0.15, -0.1) is 0 Å². The van der Waals surface area contributed by atoms with E-state index in [1.807, 2.05) is 0 Å². The van der Waals surface area contributed by atoms with Gasteiger partial charge in [-0.05, 0) is 60.3 Å². The van der Waals surface area contributed by atoms with E-state index in [9.17, 15) is 15.2 Å². The molecule has 76 valence electrons. The van der Waals surface area contributed by atoms with Gasteiger partial charge in [0, 0.05) is 4.47 Å². The second kappa shape index (κ2) is 4.16. The molecule has 0 heterocycles. The van der Waals surface area contributed by atoms with Crippen LogP contribution in [0.3, 0.4) is 0 Å². The van der Waals surface area contributed by atoms with Crippen molar-refractivity contribution in [2.45, 2.75) is 6.92 Å². The summed E-state index contributed by atoms with van der Waals surface area (Å²) < 4.78 is 1.15. The van der Waals surface area contributed by atoms with Crippen molar-refractivity contribution in [3.63, 3.8) is 0 Å². The summed E-state index contributed by atoms with van der Waals surface area (Å²) in [4.78, 5) is 10.0. The quantitative estimate of drug-likeness (QED) is 0.450. The Hall–Kier alpha value is -0.140. The van der Waals surface area contributed by atoms with Gasteiger partial charge in [0.1, 0.15) is 4.47 Å². The van der Waals surface area contributed by atoms with Crippen LogP contribution in [0.25, 0.3) is 0 Å². The summed E-state index contributed by atoms with van der Waals surface area (Å²) in [5, 5.41) is 20.1. The highest BCUT2D eigenvalue weighted by molar-refractivity contribution is 9.13. The highest BCUT2D eigenvalue weighted by atomic mass is 79.9. The van der Waals surface area contributed by atoms with Gasteiger partial charge in [-0.1, -0.05) is 0 Å². The second-order valence-electron chi connectivity index (χ2n) is 2.52. The molecule has 0 atom stereocenters. The van der Waals surface area contributed by atoms with Gasteiger partial charge in [0.15, 0.2) is 0 Å². The maximum atomic E-state index is 10.6. The van der Waals surface area contributed by atoms with E-state index in [1.54, 1.807) is 6.92 Å². The smallest absolute Gasteiger partial charge is 0.326 e. The predicted octanol–water partition coefficient (Wildman–Crippen LogP) is 3.90. The van der Waals surface area contributed by atoms with Crippen LogP contribution < -0.4 is 0 Å². The molecule has 1 rings (SSSR count). The summed E-state index contributed by atoms with van der Waals surface area (Å²) in [7, 11) is 0. The molecule has 0 saturated carbocycles. The van der Waals surface area contributed by atoms with Crippen LogP contribution in [0.2, 0.25) is 0 Å². The zero-order valence-corrected chi connectivity index (χ0v) is 11.6. The lowest BCUT2D eigenvalue weighted by Gasteiger charge is -2.07. The average Bonchev–Trinajstić information content (AvgIpc) is 2.11. The molecule has 14 heavy (non-hydrogen) atoms. The molecule has 0 radical (unpaired) electrons. The Morgan fingerprint density at radius 1 is 1.21 bits per heavy atom. The second-order valence-corrected chi connectivity index (χ2v) is 4.90. The molecule has 0 aromatic heterocycles. The van der Waals surface area contributed by atoms with Crippen LogP contribution in [-0.4, -0.2) is 10.0 Å². The van der Waals surface area contributed by atoms with Gasteiger partial charge >= 0.3 is 5.69 Å². The molecule has 0 unspecified atom stereocenters. The lowest BCUT2D eigenvalue weighted by atomic mass is 10.2. The zero-order chi connectivity index (χ0) is 11.0. The highest BCUT2D eigenvalue weighted by Gasteiger charge is 2.25. The standard InChI is InChI=1S/C7H4Br3NO3/c1-2-3(8)5(10)7(12)6(4(2)9)11(13)14/h12H,1H3. The Kier molecular flexibility index (Phi) is 3.54. The SMILES string of the molecule is Cc1c(Br)c(Br)c(O)c([N+](=O)[O-])c1Br. The van der Waals surface area contributed by atoms with Crippen LogP contribution in [-0.2, 0) is 0 Å². The molecular formula is C7H4Br3NO3. The number of phenols is 1. The first-order valence-electron chi connectivity index (χ1n) is 3.38. The molecule has 0 aliphatic carbocycles. The molecule has 0 bridgehead atoms. The summed E-state index contributed by atoms with van der Waals surface area (Å²) in [6.07, 6.45) is 0. The van der Waals surface area contributed by atoms with Crippen LogP contribution in [0.4, 0.5) is 5.69 Å². The van der Waals surface area contributed by atoms with Crippen molar-refractivity contribution in [1.29, 1.82) is 0 Å². The molecule has 0 aliphatic rings. The number of nitrogens with zero attached hydrogens (tertiary/aromatic N) is 1. The summed E-state index contributed by atoms with van der Waals surface area (Å²) in [6.45, 7) is 1.70. The molecule has 0 aliphatic heterocycles. The number of aromatic hydroxyl groups is 1. The van der Waals surface area contributed by atoms with Crippen molar-refractivity contribution in [2.24, 2.45) is 0 Å². The van der Waals surface area contributed by atoms with Gasteiger partial charge in [-0.25, -0.2) is 0 Å². The van der Waals surface area contributed by atoms with Crippen LogP contribution >= 0.6 is 47.8 Å². The Labute approximate surface area is 105 Å². The van der Waals surface area contributed by atoms with Crippen molar-refractivity contribution < 1.29 is 10.0 Å². The fraction of sp³-hybridized carbons (Fsp3) is 0.143. The van der Waals surface area contributed by atoms with Crippen LogP contribution in [0.1, 0.15) is 5.56 Å². The van der Waals surface area contributed by atoms with Crippen LogP contribution in [0.5, 0.6) is 5.75 Å². The normalized spacial score (nSPS) is 10.3. The first kappa shape index (κ1) is 11.9. The zero-order valence-electron chi connectivity index (χ0n) is 6.84. The number of halogens is 3. The maximum Gasteiger partial charge on any atom is 0.326 e. The third-order valence-corrected chi connectivity index (χ3v) is 4.94. The Bertz CT molecular complexity index is 390. The molecule has 1 aromatic carbocycles. The molecule has 0 saturated heterocycles. The van der Waals surface area contributed by atoms with Crippen molar-refractivity contribution >= 4 is 53.5 Å².